The maximum absolute atomic E-state index is 6.10. The Morgan fingerprint density at radius 2 is 1.83 bits per heavy atom. The summed E-state index contributed by atoms with van der Waals surface area (Å²) in [7, 11) is 0. The lowest BCUT2D eigenvalue weighted by Crippen LogP contribution is -2.38. The predicted molar refractivity (Wildman–Crippen MR) is 82.0 cm³/mol. The molecule has 0 bridgehead atoms. The van der Waals surface area contributed by atoms with Gasteiger partial charge in [-0.2, -0.15) is 0 Å². The molecule has 0 N–H and O–H groups in total. The van der Waals surface area contributed by atoms with Crippen molar-refractivity contribution in [3.63, 3.8) is 0 Å². The Bertz CT molecular complexity index is 344. The Morgan fingerprint density at radius 1 is 1.17 bits per heavy atom. The SMILES string of the molecule is CC1CC(CCl)N(Cc2ccccc2)C1CCl.Cl. The molecule has 1 saturated heterocycles. The third-order valence-electron chi connectivity index (χ3n) is 3.74. The largest absolute Gasteiger partial charge is 0.291 e. The zero-order valence-corrected chi connectivity index (χ0v) is 12.9. The minimum absolute atomic E-state index is 0. The molecule has 102 valence electrons. The van der Waals surface area contributed by atoms with E-state index in [4.69, 9.17) is 23.2 Å². The molecule has 1 aromatic rings. The van der Waals surface area contributed by atoms with E-state index < -0.39 is 0 Å². The van der Waals surface area contributed by atoms with Crippen molar-refractivity contribution in [2.45, 2.75) is 32.0 Å². The maximum atomic E-state index is 6.10. The summed E-state index contributed by atoms with van der Waals surface area (Å²) in [6.45, 7) is 3.23. The predicted octanol–water partition coefficient (Wildman–Crippen LogP) is 4.17. The fourth-order valence-corrected chi connectivity index (χ4v) is 3.54. The van der Waals surface area contributed by atoms with Gasteiger partial charge in [-0.15, -0.1) is 35.6 Å². The van der Waals surface area contributed by atoms with Gasteiger partial charge in [-0.3, -0.25) is 4.90 Å². The normalized spacial score (nSPS) is 28.1. The van der Waals surface area contributed by atoms with Gasteiger partial charge in [-0.1, -0.05) is 37.3 Å². The van der Waals surface area contributed by atoms with Crippen LogP contribution >= 0.6 is 35.6 Å². The second kappa shape index (κ2) is 7.59. The average molecular weight is 309 g/mol. The molecule has 0 radical (unpaired) electrons. The number of likely N-dealkylation sites (tertiary alicyclic amines) is 1. The van der Waals surface area contributed by atoms with Crippen molar-refractivity contribution in [1.82, 2.24) is 4.90 Å². The van der Waals surface area contributed by atoms with Crippen molar-refractivity contribution in [2.24, 2.45) is 5.92 Å². The van der Waals surface area contributed by atoms with Crippen molar-refractivity contribution < 1.29 is 0 Å². The molecule has 1 heterocycles. The zero-order valence-electron chi connectivity index (χ0n) is 10.6. The van der Waals surface area contributed by atoms with Gasteiger partial charge in [0.25, 0.3) is 0 Å². The van der Waals surface area contributed by atoms with Crippen LogP contribution in [-0.2, 0) is 6.54 Å². The van der Waals surface area contributed by atoms with E-state index in [0.29, 0.717) is 29.8 Å². The van der Waals surface area contributed by atoms with E-state index in [1.165, 1.54) is 5.56 Å². The quantitative estimate of drug-likeness (QED) is 0.755. The van der Waals surface area contributed by atoms with E-state index in [0.717, 1.165) is 13.0 Å². The van der Waals surface area contributed by atoms with E-state index in [2.05, 4.69) is 36.1 Å². The van der Waals surface area contributed by atoms with Gasteiger partial charge in [0, 0.05) is 30.4 Å². The van der Waals surface area contributed by atoms with Crippen molar-refractivity contribution >= 4 is 35.6 Å². The minimum Gasteiger partial charge on any atom is -0.291 e. The number of alkyl halides is 2. The van der Waals surface area contributed by atoms with Gasteiger partial charge in [0.1, 0.15) is 0 Å². The Hall–Kier alpha value is 0.0500. The molecule has 1 aromatic carbocycles. The second-order valence-electron chi connectivity index (χ2n) is 4.90. The Kier molecular flexibility index (Phi) is 6.79. The van der Waals surface area contributed by atoms with Crippen LogP contribution in [0.25, 0.3) is 0 Å². The first-order chi connectivity index (χ1) is 8.26. The number of benzene rings is 1. The highest BCUT2D eigenvalue weighted by Crippen LogP contribution is 2.32. The molecule has 1 aliphatic heterocycles. The third kappa shape index (κ3) is 3.54. The van der Waals surface area contributed by atoms with Crippen LogP contribution in [0.4, 0.5) is 0 Å². The molecule has 1 fully saturated rings. The number of hydrogen-bond acceptors (Lipinski definition) is 1. The van der Waals surface area contributed by atoms with Crippen molar-refractivity contribution in [1.29, 1.82) is 0 Å². The van der Waals surface area contributed by atoms with Gasteiger partial charge in [-0.25, -0.2) is 0 Å². The van der Waals surface area contributed by atoms with Crippen LogP contribution < -0.4 is 0 Å². The van der Waals surface area contributed by atoms with E-state index >= 15 is 0 Å². The summed E-state index contributed by atoms with van der Waals surface area (Å²) in [6, 6.07) is 11.5. The molecule has 0 aliphatic carbocycles. The first kappa shape index (κ1) is 16.1. The molecular formula is C14H20Cl3N. The summed E-state index contributed by atoms with van der Waals surface area (Å²) in [5.41, 5.74) is 1.34. The van der Waals surface area contributed by atoms with Crippen LogP contribution in [0.1, 0.15) is 18.9 Å². The fraction of sp³-hybridized carbons (Fsp3) is 0.571. The lowest BCUT2D eigenvalue weighted by molar-refractivity contribution is 0.198. The van der Waals surface area contributed by atoms with E-state index in [1.54, 1.807) is 0 Å². The van der Waals surface area contributed by atoms with Crippen molar-refractivity contribution in [3.05, 3.63) is 35.9 Å². The zero-order chi connectivity index (χ0) is 12.3. The van der Waals surface area contributed by atoms with Crippen LogP contribution in [0.2, 0.25) is 0 Å². The van der Waals surface area contributed by atoms with Crippen molar-refractivity contribution in [3.8, 4) is 0 Å². The summed E-state index contributed by atoms with van der Waals surface area (Å²) in [5.74, 6) is 2.03. The van der Waals surface area contributed by atoms with Crippen LogP contribution in [0.5, 0.6) is 0 Å². The second-order valence-corrected chi connectivity index (χ2v) is 5.52. The van der Waals surface area contributed by atoms with Gasteiger partial charge >= 0.3 is 0 Å². The third-order valence-corrected chi connectivity index (χ3v) is 4.41. The molecule has 0 spiro atoms. The van der Waals surface area contributed by atoms with Crippen LogP contribution in [0.3, 0.4) is 0 Å². The molecular weight excluding hydrogens is 289 g/mol. The molecule has 3 unspecified atom stereocenters. The highest BCUT2D eigenvalue weighted by molar-refractivity contribution is 6.18. The van der Waals surface area contributed by atoms with Crippen LogP contribution in [-0.4, -0.2) is 28.7 Å². The van der Waals surface area contributed by atoms with Gasteiger partial charge in [0.15, 0.2) is 0 Å². The highest BCUT2D eigenvalue weighted by atomic mass is 35.5. The Balaban J connectivity index is 0.00000162. The molecule has 18 heavy (non-hydrogen) atoms. The van der Waals surface area contributed by atoms with Crippen molar-refractivity contribution in [2.75, 3.05) is 11.8 Å². The minimum atomic E-state index is 0. The molecule has 0 saturated carbocycles. The first-order valence-electron chi connectivity index (χ1n) is 6.18. The lowest BCUT2D eigenvalue weighted by atomic mass is 10.0. The summed E-state index contributed by atoms with van der Waals surface area (Å²) < 4.78 is 0. The Morgan fingerprint density at radius 3 is 2.39 bits per heavy atom. The summed E-state index contributed by atoms with van der Waals surface area (Å²) in [5, 5.41) is 0. The molecule has 1 nitrogen and oxygen atoms in total. The van der Waals surface area contributed by atoms with E-state index in [9.17, 15) is 0 Å². The van der Waals surface area contributed by atoms with E-state index in [1.807, 2.05) is 6.07 Å². The Labute approximate surface area is 126 Å². The number of nitrogens with zero attached hydrogens (tertiary/aromatic N) is 1. The number of rotatable bonds is 4. The number of hydrogen-bond donors (Lipinski definition) is 0. The standard InChI is InChI=1S/C14H19Cl2N.ClH/c1-11-7-13(8-15)17(14(11)9-16)10-12-5-3-2-4-6-12;/h2-6,11,13-14H,7-10H2,1H3;1H. The van der Waals surface area contributed by atoms with Crippen LogP contribution in [0.15, 0.2) is 30.3 Å². The molecule has 3 atom stereocenters. The topological polar surface area (TPSA) is 3.24 Å². The summed E-state index contributed by atoms with van der Waals surface area (Å²) in [6.07, 6.45) is 1.16. The van der Waals surface area contributed by atoms with Gasteiger partial charge in [0.05, 0.1) is 0 Å². The average Bonchev–Trinajstić information content (AvgIpc) is 2.66. The molecule has 0 aromatic heterocycles. The summed E-state index contributed by atoms with van der Waals surface area (Å²) in [4.78, 5) is 2.47. The van der Waals surface area contributed by atoms with Gasteiger partial charge in [0.2, 0.25) is 0 Å². The smallest absolute Gasteiger partial charge is 0.0382 e. The number of halogens is 3. The first-order valence-corrected chi connectivity index (χ1v) is 7.24. The molecule has 1 aliphatic rings. The highest BCUT2D eigenvalue weighted by Gasteiger charge is 2.37. The molecule has 4 heteroatoms. The maximum Gasteiger partial charge on any atom is 0.0382 e. The van der Waals surface area contributed by atoms with Gasteiger partial charge in [-0.05, 0) is 17.9 Å². The van der Waals surface area contributed by atoms with E-state index in [-0.39, 0.29) is 12.4 Å². The summed E-state index contributed by atoms with van der Waals surface area (Å²) >= 11 is 12.2. The molecule has 2 rings (SSSR count). The van der Waals surface area contributed by atoms with Crippen LogP contribution in [0, 0.1) is 5.92 Å². The van der Waals surface area contributed by atoms with Gasteiger partial charge < -0.3 is 0 Å². The molecule has 0 amide bonds. The monoisotopic (exact) mass is 307 g/mol. The fourth-order valence-electron chi connectivity index (χ4n) is 2.75. The lowest BCUT2D eigenvalue weighted by Gasteiger charge is -2.29.